The van der Waals surface area contributed by atoms with Crippen LogP contribution >= 0.6 is 0 Å². The summed E-state index contributed by atoms with van der Waals surface area (Å²) in [5.41, 5.74) is 1.25. The Morgan fingerprint density at radius 2 is 1.82 bits per heavy atom. The topological polar surface area (TPSA) is 98.8 Å². The van der Waals surface area contributed by atoms with Crippen LogP contribution in [0.1, 0.15) is 32.8 Å². The lowest BCUT2D eigenvalue weighted by Crippen LogP contribution is -2.52. The number of rotatable bonds is 4. The molecular weight excluding hydrogens is 380 g/mol. The summed E-state index contributed by atoms with van der Waals surface area (Å²) in [6.45, 7) is 7.77. The second-order valence-electron chi connectivity index (χ2n) is 8.35. The van der Waals surface area contributed by atoms with Gasteiger partial charge in [-0.15, -0.1) is 0 Å². The summed E-state index contributed by atoms with van der Waals surface area (Å²) in [5.74, 6) is -0.102. The number of sulfonamides is 1. The van der Waals surface area contributed by atoms with Gasteiger partial charge in [0.05, 0.1) is 11.4 Å². The van der Waals surface area contributed by atoms with Crippen LogP contribution in [-0.2, 0) is 26.0 Å². The molecule has 2 N–H and O–H groups in total. The molecule has 0 spiro atoms. The molecule has 8 nitrogen and oxygen atoms in total. The van der Waals surface area contributed by atoms with Gasteiger partial charge in [-0.2, -0.15) is 4.31 Å². The van der Waals surface area contributed by atoms with Crippen molar-refractivity contribution in [1.29, 1.82) is 0 Å². The van der Waals surface area contributed by atoms with Gasteiger partial charge in [-0.05, 0) is 51.0 Å². The first-order valence-electron chi connectivity index (χ1n) is 9.51. The van der Waals surface area contributed by atoms with Crippen LogP contribution in [0.4, 0.5) is 5.69 Å². The Bertz CT molecular complexity index is 868. The second-order valence-corrected chi connectivity index (χ2v) is 10.3. The van der Waals surface area contributed by atoms with Crippen LogP contribution in [0.3, 0.4) is 0 Å². The summed E-state index contributed by atoms with van der Waals surface area (Å²) < 4.78 is 27.5. The van der Waals surface area contributed by atoms with Crippen LogP contribution in [0.5, 0.6) is 0 Å². The Morgan fingerprint density at radius 3 is 2.46 bits per heavy atom. The highest BCUT2D eigenvalue weighted by Gasteiger charge is 2.30. The maximum absolute atomic E-state index is 13.0. The van der Waals surface area contributed by atoms with Gasteiger partial charge in [0, 0.05) is 43.8 Å². The monoisotopic (exact) mass is 408 g/mol. The minimum absolute atomic E-state index is 0.0465. The minimum Gasteiger partial charge on any atom is -0.350 e. The quantitative estimate of drug-likeness (QED) is 0.768. The van der Waals surface area contributed by atoms with Gasteiger partial charge < -0.3 is 10.6 Å². The number of aryl methyl sites for hydroxylation is 1. The van der Waals surface area contributed by atoms with E-state index in [2.05, 4.69) is 10.6 Å². The molecule has 0 aliphatic carbocycles. The number of anilines is 1. The number of nitrogens with one attached hydrogen (secondary N) is 2. The molecule has 154 valence electrons. The third-order valence-corrected chi connectivity index (χ3v) is 6.72. The Balaban J connectivity index is 1.62. The Morgan fingerprint density at radius 1 is 1.14 bits per heavy atom. The van der Waals surface area contributed by atoms with E-state index >= 15 is 0 Å². The van der Waals surface area contributed by atoms with Crippen molar-refractivity contribution in [2.75, 3.05) is 38.0 Å². The highest BCUT2D eigenvalue weighted by molar-refractivity contribution is 7.89. The average Bonchev–Trinajstić information content (AvgIpc) is 2.60. The molecule has 0 atom stereocenters. The van der Waals surface area contributed by atoms with E-state index in [4.69, 9.17) is 0 Å². The van der Waals surface area contributed by atoms with Gasteiger partial charge >= 0.3 is 0 Å². The average molecular weight is 409 g/mol. The van der Waals surface area contributed by atoms with Crippen LogP contribution < -0.4 is 10.6 Å². The largest absolute Gasteiger partial charge is 0.350 e. The number of benzene rings is 1. The van der Waals surface area contributed by atoms with Gasteiger partial charge in [-0.3, -0.25) is 14.5 Å². The Labute approximate surface area is 166 Å². The van der Waals surface area contributed by atoms with Crippen LogP contribution in [0.15, 0.2) is 23.1 Å². The van der Waals surface area contributed by atoms with Crippen molar-refractivity contribution in [3.63, 3.8) is 0 Å². The molecule has 0 bridgehead atoms. The van der Waals surface area contributed by atoms with E-state index in [0.29, 0.717) is 44.7 Å². The Kier molecular flexibility index (Phi) is 5.79. The van der Waals surface area contributed by atoms with Crippen molar-refractivity contribution >= 4 is 27.5 Å². The molecule has 9 heteroatoms. The lowest BCUT2D eigenvalue weighted by molar-refractivity contribution is -0.124. The van der Waals surface area contributed by atoms with E-state index in [0.717, 1.165) is 5.56 Å². The fraction of sp³-hybridized carbons (Fsp3) is 0.579. The SMILES string of the molecule is CC(C)(C)NC(=O)CN1CCN(S(=O)(=O)c2ccc3c(c2)CCC(=O)N3)CC1. The first-order valence-corrected chi connectivity index (χ1v) is 10.9. The van der Waals surface area contributed by atoms with Gasteiger partial charge in [0.1, 0.15) is 0 Å². The van der Waals surface area contributed by atoms with Crippen molar-refractivity contribution in [1.82, 2.24) is 14.5 Å². The lowest BCUT2D eigenvalue weighted by atomic mass is 10.0. The van der Waals surface area contributed by atoms with Gasteiger partial charge in [-0.1, -0.05) is 0 Å². The fourth-order valence-corrected chi connectivity index (χ4v) is 4.93. The molecular formula is C19H28N4O4S. The molecule has 2 heterocycles. The zero-order valence-electron chi connectivity index (χ0n) is 16.6. The summed E-state index contributed by atoms with van der Waals surface area (Å²) in [7, 11) is -3.60. The maximum atomic E-state index is 13.0. The third-order valence-electron chi connectivity index (χ3n) is 4.82. The zero-order chi connectivity index (χ0) is 20.5. The normalized spacial score (nSPS) is 19.0. The first kappa shape index (κ1) is 20.8. The van der Waals surface area contributed by atoms with Crippen LogP contribution in [-0.4, -0.2) is 67.7 Å². The van der Waals surface area contributed by atoms with E-state index in [1.165, 1.54) is 4.31 Å². The molecule has 28 heavy (non-hydrogen) atoms. The van der Waals surface area contributed by atoms with E-state index in [1.54, 1.807) is 18.2 Å². The van der Waals surface area contributed by atoms with Crippen molar-refractivity contribution < 1.29 is 18.0 Å². The van der Waals surface area contributed by atoms with E-state index in [9.17, 15) is 18.0 Å². The van der Waals surface area contributed by atoms with E-state index in [-0.39, 0.29) is 28.8 Å². The first-order chi connectivity index (χ1) is 13.0. The lowest BCUT2D eigenvalue weighted by Gasteiger charge is -2.34. The molecule has 0 unspecified atom stereocenters. The summed E-state index contributed by atoms with van der Waals surface area (Å²) in [5, 5.41) is 5.69. The molecule has 1 fully saturated rings. The Hall–Kier alpha value is -1.97. The molecule has 2 amide bonds. The van der Waals surface area contributed by atoms with Crippen molar-refractivity contribution in [3.05, 3.63) is 23.8 Å². The van der Waals surface area contributed by atoms with Crippen LogP contribution in [0.2, 0.25) is 0 Å². The molecule has 1 aromatic rings. The molecule has 0 radical (unpaired) electrons. The van der Waals surface area contributed by atoms with Crippen LogP contribution in [0.25, 0.3) is 0 Å². The highest BCUT2D eigenvalue weighted by atomic mass is 32.2. The molecule has 2 aliphatic heterocycles. The van der Waals surface area contributed by atoms with Gasteiger partial charge in [0.2, 0.25) is 21.8 Å². The van der Waals surface area contributed by atoms with Gasteiger partial charge in [0.15, 0.2) is 0 Å². The number of hydrogen-bond acceptors (Lipinski definition) is 5. The number of nitrogens with zero attached hydrogens (tertiary/aromatic N) is 2. The molecule has 1 saturated heterocycles. The van der Waals surface area contributed by atoms with Gasteiger partial charge in [0.25, 0.3) is 0 Å². The van der Waals surface area contributed by atoms with Crippen LogP contribution in [0, 0.1) is 0 Å². The summed E-state index contributed by atoms with van der Waals surface area (Å²) in [6.07, 6.45) is 0.910. The third kappa shape index (κ3) is 4.89. The number of carbonyl (C=O) groups is 2. The summed E-state index contributed by atoms with van der Waals surface area (Å²) in [6, 6.07) is 4.86. The molecule has 3 rings (SSSR count). The summed E-state index contributed by atoms with van der Waals surface area (Å²) in [4.78, 5) is 25.8. The number of amides is 2. The standard InChI is InChI=1S/C19H28N4O4S/c1-19(2,3)21-18(25)13-22-8-10-23(11-9-22)28(26,27)15-5-6-16-14(12-15)4-7-17(24)20-16/h5-6,12H,4,7-11,13H2,1-3H3,(H,20,24)(H,21,25). The van der Waals surface area contributed by atoms with Crippen molar-refractivity contribution in [2.24, 2.45) is 0 Å². The number of piperazine rings is 1. The smallest absolute Gasteiger partial charge is 0.243 e. The highest BCUT2D eigenvalue weighted by Crippen LogP contribution is 2.27. The van der Waals surface area contributed by atoms with E-state index in [1.807, 2.05) is 25.7 Å². The zero-order valence-corrected chi connectivity index (χ0v) is 17.4. The van der Waals surface area contributed by atoms with Crippen molar-refractivity contribution in [3.8, 4) is 0 Å². The maximum Gasteiger partial charge on any atom is 0.243 e. The number of hydrogen-bond donors (Lipinski definition) is 2. The number of carbonyl (C=O) groups excluding carboxylic acids is 2. The second kappa shape index (κ2) is 7.81. The fourth-order valence-electron chi connectivity index (χ4n) is 3.46. The molecule has 0 saturated carbocycles. The van der Waals surface area contributed by atoms with Gasteiger partial charge in [-0.25, -0.2) is 8.42 Å². The molecule has 2 aliphatic rings. The predicted octanol–water partition coefficient (Wildman–Crippen LogP) is 0.792. The minimum atomic E-state index is -3.60. The summed E-state index contributed by atoms with van der Waals surface area (Å²) >= 11 is 0. The van der Waals surface area contributed by atoms with Crippen molar-refractivity contribution in [2.45, 2.75) is 44.0 Å². The molecule has 0 aromatic heterocycles. The van der Waals surface area contributed by atoms with E-state index < -0.39 is 10.0 Å². The predicted molar refractivity (Wildman–Crippen MR) is 106 cm³/mol. The number of fused-ring (bicyclic) bond motifs is 1. The molecule has 1 aromatic carbocycles.